The molecule has 0 aliphatic carbocycles. The van der Waals surface area contributed by atoms with E-state index in [1.165, 1.54) is 0 Å². The zero-order chi connectivity index (χ0) is 18.5. The highest BCUT2D eigenvalue weighted by molar-refractivity contribution is 14.0. The number of rotatable bonds is 10. The summed E-state index contributed by atoms with van der Waals surface area (Å²) in [5, 5.41) is 9.23. The van der Waals surface area contributed by atoms with Crippen LogP contribution in [0.4, 0.5) is 0 Å². The summed E-state index contributed by atoms with van der Waals surface area (Å²) in [6.07, 6.45) is 2.12. The molecule has 0 aromatic heterocycles. The number of carbonyl (C=O) groups is 1. The van der Waals surface area contributed by atoms with Crippen molar-refractivity contribution in [1.29, 1.82) is 0 Å². The summed E-state index contributed by atoms with van der Waals surface area (Å²) in [5.74, 6) is 1.51. The molecular formula is C19H31IN4O2. The molecule has 6 nitrogen and oxygen atoms in total. The maximum atomic E-state index is 11.7. The Balaban J connectivity index is 0.00000625. The normalized spacial score (nSPS) is 10.7. The Bertz CT molecular complexity index is 576. The van der Waals surface area contributed by atoms with Crippen molar-refractivity contribution in [3.05, 3.63) is 42.5 Å². The summed E-state index contributed by atoms with van der Waals surface area (Å²) >= 11 is 0. The fourth-order valence-electron chi connectivity index (χ4n) is 2.12. The van der Waals surface area contributed by atoms with Crippen LogP contribution in [0.15, 0.2) is 41.9 Å². The molecule has 146 valence electrons. The molecule has 26 heavy (non-hydrogen) atoms. The molecule has 0 fully saturated rings. The fourth-order valence-corrected chi connectivity index (χ4v) is 2.12. The van der Waals surface area contributed by atoms with Gasteiger partial charge in [0.05, 0.1) is 6.54 Å². The van der Waals surface area contributed by atoms with E-state index in [0.717, 1.165) is 17.9 Å². The molecule has 0 bridgehead atoms. The Labute approximate surface area is 173 Å². The van der Waals surface area contributed by atoms with Gasteiger partial charge in [-0.3, -0.25) is 4.79 Å². The predicted octanol–water partition coefficient (Wildman–Crippen LogP) is 2.84. The highest BCUT2D eigenvalue weighted by Crippen LogP contribution is 2.18. The smallest absolute Gasteiger partial charge is 0.221 e. The zero-order valence-electron chi connectivity index (χ0n) is 15.9. The van der Waals surface area contributed by atoms with Gasteiger partial charge in [-0.2, -0.15) is 0 Å². The van der Waals surface area contributed by atoms with Gasteiger partial charge < -0.3 is 20.7 Å². The first-order valence-corrected chi connectivity index (χ1v) is 8.70. The van der Waals surface area contributed by atoms with Crippen LogP contribution >= 0.6 is 24.0 Å². The molecule has 0 radical (unpaired) electrons. The van der Waals surface area contributed by atoms with Crippen molar-refractivity contribution < 1.29 is 9.53 Å². The van der Waals surface area contributed by atoms with Gasteiger partial charge >= 0.3 is 0 Å². The van der Waals surface area contributed by atoms with Gasteiger partial charge in [-0.25, -0.2) is 4.99 Å². The average Bonchev–Trinajstić information content (AvgIpc) is 2.58. The summed E-state index contributed by atoms with van der Waals surface area (Å²) in [4.78, 5) is 16.2. The number of nitrogens with zero attached hydrogens (tertiary/aromatic N) is 1. The molecule has 0 unspecified atom stereocenters. The standard InChI is InChI=1S/C19H30N4O2.HI/c1-5-13-25-17-10-8-7-9-16(17)14-22-19(20-6-2)21-12-11-18(24)23-15(3)4;/h5,7-10,15H,1,6,11-14H2,2-4H3,(H,23,24)(H2,20,21,22);1H. The van der Waals surface area contributed by atoms with Crippen LogP contribution in [0, 0.1) is 0 Å². The first kappa shape index (κ1) is 24.2. The Morgan fingerprint density at radius 1 is 1.31 bits per heavy atom. The van der Waals surface area contributed by atoms with E-state index in [-0.39, 0.29) is 35.9 Å². The van der Waals surface area contributed by atoms with Gasteiger partial charge in [0, 0.05) is 31.1 Å². The van der Waals surface area contributed by atoms with Crippen molar-refractivity contribution in [2.75, 3.05) is 19.7 Å². The Morgan fingerprint density at radius 2 is 2.04 bits per heavy atom. The van der Waals surface area contributed by atoms with E-state index in [1.54, 1.807) is 6.08 Å². The third kappa shape index (κ3) is 10.3. The van der Waals surface area contributed by atoms with Crippen LogP contribution in [-0.2, 0) is 11.3 Å². The van der Waals surface area contributed by atoms with E-state index in [1.807, 2.05) is 45.0 Å². The molecule has 3 N–H and O–H groups in total. The second-order valence-corrected chi connectivity index (χ2v) is 5.80. The first-order valence-electron chi connectivity index (χ1n) is 8.70. The summed E-state index contributed by atoms with van der Waals surface area (Å²) in [7, 11) is 0. The van der Waals surface area contributed by atoms with Crippen LogP contribution in [0.25, 0.3) is 0 Å². The van der Waals surface area contributed by atoms with Crippen molar-refractivity contribution in [3.63, 3.8) is 0 Å². The predicted molar refractivity (Wildman–Crippen MR) is 118 cm³/mol. The number of carbonyl (C=O) groups excluding carboxylic acids is 1. The number of halogens is 1. The molecule has 0 aliphatic heterocycles. The molecule has 0 saturated heterocycles. The number of amides is 1. The number of aliphatic imine (C=N–C) groups is 1. The van der Waals surface area contributed by atoms with Gasteiger partial charge in [0.2, 0.25) is 5.91 Å². The minimum absolute atomic E-state index is 0. The van der Waals surface area contributed by atoms with Crippen molar-refractivity contribution in [2.45, 2.75) is 39.8 Å². The molecule has 0 aliphatic rings. The largest absolute Gasteiger partial charge is 0.489 e. The van der Waals surface area contributed by atoms with Crippen LogP contribution < -0.4 is 20.7 Å². The maximum Gasteiger partial charge on any atom is 0.221 e. The van der Waals surface area contributed by atoms with E-state index in [0.29, 0.717) is 32.1 Å². The zero-order valence-corrected chi connectivity index (χ0v) is 18.2. The lowest BCUT2D eigenvalue weighted by Gasteiger charge is -2.13. The lowest BCUT2D eigenvalue weighted by atomic mass is 10.2. The summed E-state index contributed by atoms with van der Waals surface area (Å²) in [6, 6.07) is 7.96. The van der Waals surface area contributed by atoms with Gasteiger partial charge in [0.15, 0.2) is 5.96 Å². The second kappa shape index (κ2) is 14.4. The number of hydrogen-bond acceptors (Lipinski definition) is 3. The van der Waals surface area contributed by atoms with Gasteiger partial charge in [0.1, 0.15) is 12.4 Å². The number of benzene rings is 1. The fraction of sp³-hybridized carbons (Fsp3) is 0.474. The highest BCUT2D eigenvalue weighted by Gasteiger charge is 2.05. The van der Waals surface area contributed by atoms with Crippen molar-refractivity contribution in [1.82, 2.24) is 16.0 Å². The van der Waals surface area contributed by atoms with Crippen LogP contribution in [-0.4, -0.2) is 37.6 Å². The number of para-hydroxylation sites is 1. The molecule has 1 amide bonds. The highest BCUT2D eigenvalue weighted by atomic mass is 127. The van der Waals surface area contributed by atoms with E-state index in [2.05, 4.69) is 27.5 Å². The summed E-state index contributed by atoms with van der Waals surface area (Å²) in [5.41, 5.74) is 0.999. The monoisotopic (exact) mass is 474 g/mol. The quantitative estimate of drug-likeness (QED) is 0.211. The Hall–Kier alpha value is -1.77. The van der Waals surface area contributed by atoms with Gasteiger partial charge in [0.25, 0.3) is 0 Å². The van der Waals surface area contributed by atoms with Crippen molar-refractivity contribution >= 4 is 35.8 Å². The lowest BCUT2D eigenvalue weighted by Crippen LogP contribution is -2.40. The minimum Gasteiger partial charge on any atom is -0.489 e. The van der Waals surface area contributed by atoms with E-state index in [9.17, 15) is 4.79 Å². The molecule has 0 atom stereocenters. The van der Waals surface area contributed by atoms with Gasteiger partial charge in [-0.05, 0) is 26.8 Å². The maximum absolute atomic E-state index is 11.7. The number of guanidine groups is 1. The molecule has 1 rings (SSSR count). The van der Waals surface area contributed by atoms with Gasteiger partial charge in [-0.1, -0.05) is 30.9 Å². The van der Waals surface area contributed by atoms with Gasteiger partial charge in [-0.15, -0.1) is 24.0 Å². The molecular weight excluding hydrogens is 443 g/mol. The molecule has 0 saturated carbocycles. The topological polar surface area (TPSA) is 74.8 Å². The molecule has 1 aromatic rings. The number of ether oxygens (including phenoxy) is 1. The van der Waals surface area contributed by atoms with Crippen molar-refractivity contribution in [2.24, 2.45) is 4.99 Å². The third-order valence-corrected chi connectivity index (χ3v) is 3.18. The average molecular weight is 474 g/mol. The van der Waals surface area contributed by atoms with E-state index < -0.39 is 0 Å². The van der Waals surface area contributed by atoms with Crippen molar-refractivity contribution in [3.8, 4) is 5.75 Å². The van der Waals surface area contributed by atoms with E-state index >= 15 is 0 Å². The van der Waals surface area contributed by atoms with Crippen LogP contribution in [0.2, 0.25) is 0 Å². The van der Waals surface area contributed by atoms with Crippen LogP contribution in [0.1, 0.15) is 32.8 Å². The lowest BCUT2D eigenvalue weighted by molar-refractivity contribution is -0.121. The van der Waals surface area contributed by atoms with Crippen LogP contribution in [0.3, 0.4) is 0 Å². The third-order valence-electron chi connectivity index (χ3n) is 3.18. The molecule has 1 aromatic carbocycles. The minimum atomic E-state index is 0. The van der Waals surface area contributed by atoms with E-state index in [4.69, 9.17) is 4.74 Å². The SMILES string of the molecule is C=CCOc1ccccc1CN=C(NCC)NCCC(=O)NC(C)C.I. The molecule has 0 spiro atoms. The molecule has 7 heteroatoms. The number of nitrogens with one attached hydrogen (secondary N) is 3. The van der Waals surface area contributed by atoms with Crippen LogP contribution in [0.5, 0.6) is 5.75 Å². The first-order chi connectivity index (χ1) is 12.1. The summed E-state index contributed by atoms with van der Waals surface area (Å²) in [6.45, 7) is 11.8. The molecule has 0 heterocycles. The Kier molecular flexibility index (Phi) is 13.4. The number of hydrogen-bond donors (Lipinski definition) is 3. The second-order valence-electron chi connectivity index (χ2n) is 5.80. The Morgan fingerprint density at radius 3 is 2.69 bits per heavy atom. The summed E-state index contributed by atoms with van der Waals surface area (Å²) < 4.78 is 5.65.